The van der Waals surface area contributed by atoms with Crippen molar-refractivity contribution in [2.75, 3.05) is 11.5 Å². The molecular formula is C31H25Cl2N3O5S2. The van der Waals surface area contributed by atoms with Crippen LogP contribution in [0.2, 0.25) is 10.0 Å². The standard InChI is InChI=1S/C31H25Cl2N3O5S2/c1-3-40-22-9-5-17(6-10-22)26-25(27(37)18-7-11-24-20(13-18)12-16(2)41-24)28(38)29(39)36(26)30-34-35-31(43-30)42-15-19-4-8-21(32)14-23(19)33/h4-11,13-14,16,26,37H,3,12,15H2,1-2H3/b27-25+. The number of amides is 1. The lowest BCUT2D eigenvalue weighted by atomic mass is 9.94. The highest BCUT2D eigenvalue weighted by molar-refractivity contribution is 8.00. The van der Waals surface area contributed by atoms with Gasteiger partial charge in [0.25, 0.3) is 5.78 Å². The molecule has 8 nitrogen and oxygen atoms in total. The summed E-state index contributed by atoms with van der Waals surface area (Å²) in [5.41, 5.74) is 2.81. The maximum absolute atomic E-state index is 13.6. The number of fused-ring (bicyclic) bond motifs is 1. The molecule has 1 N–H and O–H groups in total. The third-order valence-electron chi connectivity index (χ3n) is 7.09. The first-order valence-electron chi connectivity index (χ1n) is 13.5. The van der Waals surface area contributed by atoms with Gasteiger partial charge in [0, 0.05) is 27.8 Å². The van der Waals surface area contributed by atoms with Crippen LogP contribution in [0.3, 0.4) is 0 Å². The first-order chi connectivity index (χ1) is 20.7. The Hall–Kier alpha value is -3.57. The summed E-state index contributed by atoms with van der Waals surface area (Å²) in [4.78, 5) is 28.5. The van der Waals surface area contributed by atoms with Crippen molar-refractivity contribution in [1.82, 2.24) is 10.2 Å². The van der Waals surface area contributed by atoms with Crippen LogP contribution in [0.4, 0.5) is 5.13 Å². The molecule has 3 heterocycles. The summed E-state index contributed by atoms with van der Waals surface area (Å²) >= 11 is 14.9. The molecule has 1 aromatic heterocycles. The van der Waals surface area contributed by atoms with Crippen LogP contribution in [0, 0.1) is 0 Å². The summed E-state index contributed by atoms with van der Waals surface area (Å²) in [6, 6.07) is 16.7. The zero-order valence-electron chi connectivity index (χ0n) is 23.0. The van der Waals surface area contributed by atoms with Crippen molar-refractivity contribution in [3.05, 3.63) is 98.5 Å². The quantitative estimate of drug-likeness (QED) is 0.0686. The lowest BCUT2D eigenvalue weighted by Crippen LogP contribution is -2.29. The van der Waals surface area contributed by atoms with E-state index in [1.807, 2.05) is 19.9 Å². The third kappa shape index (κ3) is 5.84. The molecule has 12 heteroatoms. The van der Waals surface area contributed by atoms with Gasteiger partial charge < -0.3 is 14.6 Å². The number of aromatic nitrogens is 2. The van der Waals surface area contributed by atoms with Crippen molar-refractivity contribution in [3.8, 4) is 11.5 Å². The Balaban J connectivity index is 1.38. The van der Waals surface area contributed by atoms with E-state index in [2.05, 4.69) is 10.2 Å². The zero-order valence-corrected chi connectivity index (χ0v) is 26.2. The van der Waals surface area contributed by atoms with Gasteiger partial charge in [-0.1, -0.05) is 64.5 Å². The minimum atomic E-state index is -0.935. The highest BCUT2D eigenvalue weighted by atomic mass is 35.5. The third-order valence-corrected chi connectivity index (χ3v) is 9.78. The fourth-order valence-electron chi connectivity index (χ4n) is 5.12. The van der Waals surface area contributed by atoms with Gasteiger partial charge in [0.15, 0.2) is 4.34 Å². The van der Waals surface area contributed by atoms with E-state index in [0.29, 0.717) is 50.0 Å². The number of halogens is 2. The normalized spacial score (nSPS) is 19.0. The molecule has 1 saturated heterocycles. The Morgan fingerprint density at radius 3 is 2.65 bits per heavy atom. The molecule has 1 amide bonds. The number of carbonyl (C=O) groups is 2. The Morgan fingerprint density at radius 1 is 1.12 bits per heavy atom. The Bertz CT molecular complexity index is 1760. The summed E-state index contributed by atoms with van der Waals surface area (Å²) in [6.07, 6.45) is 0.696. The minimum absolute atomic E-state index is 0.0158. The number of Topliss-reactive ketones (excluding diaryl/α,β-unsaturated/α-hetero) is 1. The van der Waals surface area contributed by atoms with Crippen LogP contribution in [0.1, 0.15) is 42.1 Å². The van der Waals surface area contributed by atoms with Gasteiger partial charge in [0.05, 0.1) is 18.2 Å². The van der Waals surface area contributed by atoms with E-state index in [-0.39, 0.29) is 22.6 Å². The molecule has 0 aliphatic carbocycles. The summed E-state index contributed by atoms with van der Waals surface area (Å²) in [5.74, 6) is 0.0223. The maximum Gasteiger partial charge on any atom is 0.301 e. The second kappa shape index (κ2) is 12.2. The smallest absolute Gasteiger partial charge is 0.301 e. The highest BCUT2D eigenvalue weighted by Crippen LogP contribution is 2.45. The average Bonchev–Trinajstić information content (AvgIpc) is 3.67. The lowest BCUT2D eigenvalue weighted by Gasteiger charge is -2.22. The minimum Gasteiger partial charge on any atom is -0.507 e. The number of thioether (sulfide) groups is 1. The molecule has 0 spiro atoms. The molecule has 4 aromatic rings. The topological polar surface area (TPSA) is 102 Å². The molecule has 3 aromatic carbocycles. The predicted octanol–water partition coefficient (Wildman–Crippen LogP) is 7.49. The maximum atomic E-state index is 13.6. The summed E-state index contributed by atoms with van der Waals surface area (Å²) < 4.78 is 12.0. The van der Waals surface area contributed by atoms with Crippen LogP contribution in [-0.4, -0.2) is 39.7 Å². The van der Waals surface area contributed by atoms with Crippen molar-refractivity contribution < 1.29 is 24.2 Å². The number of rotatable bonds is 8. The summed E-state index contributed by atoms with van der Waals surface area (Å²) in [6.45, 7) is 4.34. The Labute approximate surface area is 266 Å². The van der Waals surface area contributed by atoms with E-state index < -0.39 is 17.7 Å². The Morgan fingerprint density at radius 2 is 1.91 bits per heavy atom. The number of nitrogens with zero attached hydrogens (tertiary/aromatic N) is 3. The number of carbonyl (C=O) groups excluding carboxylic acids is 2. The fraction of sp³-hybridized carbons (Fsp3) is 0.226. The van der Waals surface area contributed by atoms with Crippen molar-refractivity contribution in [2.45, 2.75) is 42.5 Å². The van der Waals surface area contributed by atoms with Crippen LogP contribution in [-0.2, 0) is 21.8 Å². The number of hydrogen-bond acceptors (Lipinski definition) is 9. The lowest BCUT2D eigenvalue weighted by molar-refractivity contribution is -0.132. The number of anilines is 1. The van der Waals surface area contributed by atoms with Crippen molar-refractivity contribution in [3.63, 3.8) is 0 Å². The predicted molar refractivity (Wildman–Crippen MR) is 169 cm³/mol. The fourth-order valence-corrected chi connectivity index (χ4v) is 7.55. The monoisotopic (exact) mass is 653 g/mol. The molecular weight excluding hydrogens is 629 g/mol. The second-order valence-electron chi connectivity index (χ2n) is 10.0. The van der Waals surface area contributed by atoms with Gasteiger partial charge in [-0.15, -0.1) is 10.2 Å². The molecule has 1 fully saturated rings. The first-order valence-corrected chi connectivity index (χ1v) is 16.0. The number of aliphatic hydroxyl groups excluding tert-OH is 1. The molecule has 220 valence electrons. The molecule has 43 heavy (non-hydrogen) atoms. The van der Waals surface area contributed by atoms with Crippen LogP contribution in [0.15, 0.2) is 70.6 Å². The summed E-state index contributed by atoms with van der Waals surface area (Å²) in [7, 11) is 0. The van der Waals surface area contributed by atoms with Gasteiger partial charge in [0.2, 0.25) is 5.13 Å². The SMILES string of the molecule is CCOc1ccc(C2/C(=C(\O)c3ccc4c(c3)CC(C)O4)C(=O)C(=O)N2c2nnc(SCc3ccc(Cl)cc3Cl)s2)cc1. The van der Waals surface area contributed by atoms with Gasteiger partial charge >= 0.3 is 5.91 Å². The van der Waals surface area contributed by atoms with E-state index in [1.54, 1.807) is 54.6 Å². The molecule has 2 aliphatic rings. The number of aliphatic hydroxyl groups is 1. The molecule has 2 atom stereocenters. The van der Waals surface area contributed by atoms with E-state index in [1.165, 1.54) is 28.0 Å². The van der Waals surface area contributed by atoms with E-state index in [4.69, 9.17) is 32.7 Å². The van der Waals surface area contributed by atoms with Crippen LogP contribution in [0.5, 0.6) is 11.5 Å². The van der Waals surface area contributed by atoms with Crippen molar-refractivity contribution in [1.29, 1.82) is 0 Å². The molecule has 2 unspecified atom stereocenters. The molecule has 6 rings (SSSR count). The number of ketones is 1. The molecule has 2 aliphatic heterocycles. The number of hydrogen-bond donors (Lipinski definition) is 1. The zero-order chi connectivity index (χ0) is 30.2. The van der Waals surface area contributed by atoms with Crippen molar-refractivity contribution >= 4 is 68.9 Å². The van der Waals surface area contributed by atoms with Gasteiger partial charge in [0.1, 0.15) is 23.4 Å². The van der Waals surface area contributed by atoms with Crippen LogP contribution >= 0.6 is 46.3 Å². The molecule has 0 bridgehead atoms. The number of ether oxygens (including phenoxy) is 2. The van der Waals surface area contributed by atoms with Gasteiger partial charge in [-0.05, 0) is 73.0 Å². The van der Waals surface area contributed by atoms with E-state index >= 15 is 0 Å². The Kier molecular flexibility index (Phi) is 8.37. The van der Waals surface area contributed by atoms with Gasteiger partial charge in [-0.2, -0.15) is 0 Å². The summed E-state index contributed by atoms with van der Waals surface area (Å²) in [5, 5.41) is 21.4. The number of benzene rings is 3. The molecule has 0 saturated carbocycles. The average molecular weight is 655 g/mol. The van der Waals surface area contributed by atoms with E-state index in [0.717, 1.165) is 16.9 Å². The molecule has 0 radical (unpaired) electrons. The van der Waals surface area contributed by atoms with Crippen molar-refractivity contribution in [2.24, 2.45) is 0 Å². The largest absolute Gasteiger partial charge is 0.507 e. The van der Waals surface area contributed by atoms with Gasteiger partial charge in [-0.3, -0.25) is 14.5 Å². The highest BCUT2D eigenvalue weighted by Gasteiger charge is 2.48. The van der Waals surface area contributed by atoms with E-state index in [9.17, 15) is 14.7 Å². The second-order valence-corrected chi connectivity index (χ2v) is 13.0. The van der Waals surface area contributed by atoms with Crippen LogP contribution < -0.4 is 14.4 Å². The van der Waals surface area contributed by atoms with Gasteiger partial charge in [-0.25, -0.2) is 0 Å². The van der Waals surface area contributed by atoms with Crippen LogP contribution in [0.25, 0.3) is 5.76 Å². The first kappa shape index (κ1) is 29.5.